The Balaban J connectivity index is 1.92. The van der Waals surface area contributed by atoms with Crippen molar-refractivity contribution >= 4 is 17.3 Å². The molecular formula is C13H16ClN5O. The Kier molecular flexibility index (Phi) is 3.58. The fourth-order valence-electron chi connectivity index (χ4n) is 2.48. The second-order valence-electron chi connectivity index (χ2n) is 5.02. The number of anilines is 1. The highest BCUT2D eigenvalue weighted by Crippen LogP contribution is 2.31. The average molecular weight is 294 g/mol. The number of benzene rings is 1. The fourth-order valence-corrected chi connectivity index (χ4v) is 2.69. The average Bonchev–Trinajstić information content (AvgIpc) is 3.04. The molecular weight excluding hydrogens is 278 g/mol. The third kappa shape index (κ3) is 2.36. The van der Waals surface area contributed by atoms with E-state index in [4.69, 9.17) is 22.1 Å². The first kappa shape index (κ1) is 13.3. The van der Waals surface area contributed by atoms with E-state index in [9.17, 15) is 0 Å². The van der Waals surface area contributed by atoms with Crippen molar-refractivity contribution in [3.63, 3.8) is 0 Å². The molecule has 7 heteroatoms. The van der Waals surface area contributed by atoms with E-state index in [-0.39, 0.29) is 6.10 Å². The molecule has 106 valence electrons. The number of nitrogens with two attached hydrogens (primary N) is 1. The smallest absolute Gasteiger partial charge is 0.183 e. The van der Waals surface area contributed by atoms with Crippen molar-refractivity contribution in [1.29, 1.82) is 0 Å². The van der Waals surface area contributed by atoms with Crippen LogP contribution in [0.15, 0.2) is 18.2 Å². The lowest BCUT2D eigenvalue weighted by atomic mass is 10.0. The van der Waals surface area contributed by atoms with Gasteiger partial charge in [-0.3, -0.25) is 0 Å². The van der Waals surface area contributed by atoms with Crippen LogP contribution in [0.5, 0.6) is 0 Å². The lowest BCUT2D eigenvalue weighted by molar-refractivity contribution is 0.101. The summed E-state index contributed by atoms with van der Waals surface area (Å²) >= 11 is 6.24. The molecule has 0 aliphatic carbocycles. The molecule has 0 bridgehead atoms. The molecule has 1 aromatic heterocycles. The zero-order valence-electron chi connectivity index (χ0n) is 11.2. The van der Waals surface area contributed by atoms with Gasteiger partial charge < -0.3 is 10.5 Å². The Morgan fingerprint density at radius 1 is 1.50 bits per heavy atom. The van der Waals surface area contributed by atoms with E-state index in [1.54, 1.807) is 10.7 Å². The van der Waals surface area contributed by atoms with E-state index < -0.39 is 0 Å². The highest BCUT2D eigenvalue weighted by atomic mass is 35.5. The van der Waals surface area contributed by atoms with Crippen LogP contribution in [0.25, 0.3) is 11.4 Å². The molecule has 2 atom stereocenters. The van der Waals surface area contributed by atoms with E-state index in [2.05, 4.69) is 22.4 Å². The summed E-state index contributed by atoms with van der Waals surface area (Å²) in [6.45, 7) is 3.59. The van der Waals surface area contributed by atoms with Crippen LogP contribution in [0.2, 0.25) is 5.02 Å². The van der Waals surface area contributed by atoms with Crippen LogP contribution in [-0.2, 0) is 11.3 Å². The third-order valence-corrected chi connectivity index (χ3v) is 4.16. The Labute approximate surface area is 121 Å². The van der Waals surface area contributed by atoms with E-state index >= 15 is 0 Å². The van der Waals surface area contributed by atoms with Gasteiger partial charge in [0.2, 0.25) is 0 Å². The number of tetrazole rings is 1. The summed E-state index contributed by atoms with van der Waals surface area (Å²) in [6, 6.07) is 5.47. The van der Waals surface area contributed by atoms with Crippen LogP contribution >= 0.6 is 11.6 Å². The van der Waals surface area contributed by atoms with Crippen molar-refractivity contribution in [3.8, 4) is 11.4 Å². The number of nitrogen functional groups attached to an aromatic ring is 1. The summed E-state index contributed by atoms with van der Waals surface area (Å²) in [5, 5.41) is 12.4. The molecule has 20 heavy (non-hydrogen) atoms. The molecule has 1 aliphatic rings. The molecule has 0 saturated carbocycles. The van der Waals surface area contributed by atoms with Crippen molar-refractivity contribution in [1.82, 2.24) is 20.2 Å². The fraction of sp³-hybridized carbons (Fsp3) is 0.462. The highest BCUT2D eigenvalue weighted by Gasteiger charge is 2.26. The van der Waals surface area contributed by atoms with E-state index in [0.29, 0.717) is 29.0 Å². The Hall–Kier alpha value is -1.66. The minimum Gasteiger partial charge on any atom is -0.398 e. The SMILES string of the molecule is CC1OCCC1Cn1nnnc1-c1cccc(N)c1Cl. The maximum atomic E-state index is 6.24. The van der Waals surface area contributed by atoms with Crippen molar-refractivity contribution in [2.45, 2.75) is 26.0 Å². The van der Waals surface area contributed by atoms with Gasteiger partial charge in [-0.05, 0) is 35.9 Å². The first-order valence-electron chi connectivity index (χ1n) is 6.59. The molecule has 2 heterocycles. The van der Waals surface area contributed by atoms with E-state index in [0.717, 1.165) is 18.6 Å². The van der Waals surface area contributed by atoms with Gasteiger partial charge in [-0.25, -0.2) is 4.68 Å². The lowest BCUT2D eigenvalue weighted by Gasteiger charge is -2.14. The minimum absolute atomic E-state index is 0.225. The largest absolute Gasteiger partial charge is 0.398 e. The Morgan fingerprint density at radius 3 is 3.10 bits per heavy atom. The summed E-state index contributed by atoms with van der Waals surface area (Å²) < 4.78 is 7.35. The number of ether oxygens (including phenoxy) is 1. The third-order valence-electron chi connectivity index (χ3n) is 3.74. The molecule has 2 N–H and O–H groups in total. The molecule has 3 rings (SSSR count). The molecule has 6 nitrogen and oxygen atoms in total. The second-order valence-corrected chi connectivity index (χ2v) is 5.40. The van der Waals surface area contributed by atoms with Crippen molar-refractivity contribution in [2.75, 3.05) is 12.3 Å². The Bertz CT molecular complexity index is 615. The molecule has 0 amide bonds. The van der Waals surface area contributed by atoms with Crippen LogP contribution < -0.4 is 5.73 Å². The quantitative estimate of drug-likeness (QED) is 0.876. The maximum Gasteiger partial charge on any atom is 0.183 e. The predicted octanol–water partition coefficient (Wildman–Crippen LogP) is 2.00. The second kappa shape index (κ2) is 5.38. The Morgan fingerprint density at radius 2 is 2.35 bits per heavy atom. The number of halogens is 1. The highest BCUT2D eigenvalue weighted by molar-refractivity contribution is 6.35. The van der Waals surface area contributed by atoms with Gasteiger partial charge in [0.1, 0.15) is 0 Å². The zero-order valence-corrected chi connectivity index (χ0v) is 11.9. The van der Waals surface area contributed by atoms with Crippen molar-refractivity contribution in [3.05, 3.63) is 23.2 Å². The van der Waals surface area contributed by atoms with Gasteiger partial charge in [0, 0.05) is 18.1 Å². The summed E-state index contributed by atoms with van der Waals surface area (Å²) in [5.74, 6) is 1.05. The number of nitrogens with zero attached hydrogens (tertiary/aromatic N) is 4. The minimum atomic E-state index is 0.225. The standard InChI is InChI=1S/C13H16ClN5O/c1-8-9(5-6-20-8)7-19-13(16-17-18-19)10-3-2-4-11(15)12(10)14/h2-4,8-9H,5-7,15H2,1H3. The van der Waals surface area contributed by atoms with Gasteiger partial charge in [-0.15, -0.1) is 5.10 Å². The van der Waals surface area contributed by atoms with Crippen LogP contribution in [0.3, 0.4) is 0 Å². The van der Waals surface area contributed by atoms with Crippen LogP contribution in [0.4, 0.5) is 5.69 Å². The summed E-state index contributed by atoms with van der Waals surface area (Å²) in [5.41, 5.74) is 7.11. The molecule has 2 unspecified atom stereocenters. The zero-order chi connectivity index (χ0) is 14.1. The number of hydrogen-bond donors (Lipinski definition) is 1. The molecule has 0 radical (unpaired) electrons. The van der Waals surface area contributed by atoms with Crippen molar-refractivity contribution in [2.24, 2.45) is 5.92 Å². The molecule has 1 saturated heterocycles. The van der Waals surface area contributed by atoms with Gasteiger partial charge in [0.25, 0.3) is 0 Å². The number of rotatable bonds is 3. The number of aromatic nitrogens is 4. The molecule has 2 aromatic rings. The summed E-state index contributed by atoms with van der Waals surface area (Å²) in [4.78, 5) is 0. The predicted molar refractivity (Wildman–Crippen MR) is 76.2 cm³/mol. The van der Waals surface area contributed by atoms with Crippen molar-refractivity contribution < 1.29 is 4.74 Å². The van der Waals surface area contributed by atoms with Crippen LogP contribution in [0, 0.1) is 5.92 Å². The van der Waals surface area contributed by atoms with Crippen LogP contribution in [-0.4, -0.2) is 32.9 Å². The van der Waals surface area contributed by atoms with Gasteiger partial charge in [-0.2, -0.15) is 0 Å². The molecule has 1 fully saturated rings. The lowest BCUT2D eigenvalue weighted by Crippen LogP contribution is -2.19. The summed E-state index contributed by atoms with van der Waals surface area (Å²) in [6.07, 6.45) is 1.24. The monoisotopic (exact) mass is 293 g/mol. The number of hydrogen-bond acceptors (Lipinski definition) is 5. The van der Waals surface area contributed by atoms with Gasteiger partial charge in [0.05, 0.1) is 23.4 Å². The molecule has 1 aromatic carbocycles. The normalized spacial score (nSPS) is 22.3. The van der Waals surface area contributed by atoms with Gasteiger partial charge >= 0.3 is 0 Å². The molecule has 0 spiro atoms. The van der Waals surface area contributed by atoms with Gasteiger partial charge in [0.15, 0.2) is 5.82 Å². The molecule has 1 aliphatic heterocycles. The first-order valence-corrected chi connectivity index (χ1v) is 6.96. The first-order chi connectivity index (χ1) is 9.66. The maximum absolute atomic E-state index is 6.24. The van der Waals surface area contributed by atoms with Crippen LogP contribution in [0.1, 0.15) is 13.3 Å². The van der Waals surface area contributed by atoms with E-state index in [1.165, 1.54) is 0 Å². The topological polar surface area (TPSA) is 78.8 Å². The van der Waals surface area contributed by atoms with E-state index in [1.807, 2.05) is 12.1 Å². The summed E-state index contributed by atoms with van der Waals surface area (Å²) in [7, 11) is 0. The van der Waals surface area contributed by atoms with Gasteiger partial charge in [-0.1, -0.05) is 17.7 Å².